The summed E-state index contributed by atoms with van der Waals surface area (Å²) in [5, 5.41) is 0. The molecule has 1 fully saturated rings. The molecule has 102 valence electrons. The molecule has 6 nitrogen and oxygen atoms in total. The van der Waals surface area contributed by atoms with Crippen LogP contribution in [0.3, 0.4) is 0 Å². The molecule has 2 rings (SSSR count). The van der Waals surface area contributed by atoms with Crippen molar-refractivity contribution >= 4 is 11.8 Å². The minimum atomic E-state index is -0.338. The first-order valence-electron chi connectivity index (χ1n) is 6.35. The van der Waals surface area contributed by atoms with Crippen molar-refractivity contribution in [2.45, 2.75) is 19.4 Å². The van der Waals surface area contributed by atoms with Crippen molar-refractivity contribution < 1.29 is 9.59 Å². The maximum atomic E-state index is 12.3. The van der Waals surface area contributed by atoms with Gasteiger partial charge >= 0.3 is 0 Å². The molecule has 6 heteroatoms. The Morgan fingerprint density at radius 1 is 1.47 bits per heavy atom. The number of carbonyl (C=O) groups is 2. The van der Waals surface area contributed by atoms with Crippen LogP contribution in [0.1, 0.15) is 28.9 Å². The maximum absolute atomic E-state index is 12.3. The molecule has 0 aromatic carbocycles. The smallest absolute Gasteiger partial charge is 0.253 e. The number of amides is 2. The lowest BCUT2D eigenvalue weighted by Gasteiger charge is -2.31. The Labute approximate surface area is 111 Å². The van der Waals surface area contributed by atoms with Crippen LogP contribution in [0.15, 0.2) is 18.3 Å². The number of nitrogens with zero attached hydrogens (tertiary/aromatic N) is 2. The van der Waals surface area contributed by atoms with Crippen LogP contribution in [0.2, 0.25) is 0 Å². The summed E-state index contributed by atoms with van der Waals surface area (Å²) in [5.74, 6) is -0.675. The average Bonchev–Trinajstić information content (AvgIpc) is 2.46. The van der Waals surface area contributed by atoms with E-state index < -0.39 is 0 Å². The summed E-state index contributed by atoms with van der Waals surface area (Å²) in [6.07, 6.45) is 3.13. The number of hydrogen-bond donors (Lipinski definition) is 2. The standard InChI is InChI=1S/C13H18N4O2/c14-7-11-6-9(3-4-16-11)13(19)17-5-1-2-10(8-17)12(15)18/h3-4,6,10H,1-2,5,7-8,14H2,(H2,15,18). The Kier molecular flexibility index (Phi) is 4.11. The van der Waals surface area contributed by atoms with Gasteiger partial charge in [-0.2, -0.15) is 0 Å². The van der Waals surface area contributed by atoms with E-state index in [2.05, 4.69) is 4.98 Å². The molecule has 1 aromatic heterocycles. The van der Waals surface area contributed by atoms with Gasteiger partial charge in [0.1, 0.15) is 0 Å². The second-order valence-electron chi connectivity index (χ2n) is 4.73. The third-order valence-electron chi connectivity index (χ3n) is 3.38. The number of carbonyl (C=O) groups excluding carboxylic acids is 2. The maximum Gasteiger partial charge on any atom is 0.253 e. The number of likely N-dealkylation sites (tertiary alicyclic amines) is 1. The van der Waals surface area contributed by atoms with E-state index in [-0.39, 0.29) is 17.7 Å². The first-order valence-corrected chi connectivity index (χ1v) is 6.35. The van der Waals surface area contributed by atoms with E-state index >= 15 is 0 Å². The predicted molar refractivity (Wildman–Crippen MR) is 70.0 cm³/mol. The molecule has 1 aliphatic rings. The molecule has 0 aliphatic carbocycles. The molecule has 0 bridgehead atoms. The fourth-order valence-electron chi connectivity index (χ4n) is 2.30. The van der Waals surface area contributed by atoms with Crippen LogP contribution in [-0.4, -0.2) is 34.8 Å². The zero-order valence-corrected chi connectivity index (χ0v) is 10.7. The normalized spacial score (nSPS) is 19.2. The minimum absolute atomic E-state index is 0.0944. The van der Waals surface area contributed by atoms with Crippen LogP contribution in [0.4, 0.5) is 0 Å². The highest BCUT2D eigenvalue weighted by molar-refractivity contribution is 5.94. The zero-order chi connectivity index (χ0) is 13.8. The van der Waals surface area contributed by atoms with E-state index in [1.807, 2.05) is 0 Å². The number of piperidine rings is 1. The molecule has 0 radical (unpaired) electrons. The average molecular weight is 262 g/mol. The van der Waals surface area contributed by atoms with Crippen molar-refractivity contribution in [2.75, 3.05) is 13.1 Å². The van der Waals surface area contributed by atoms with Gasteiger partial charge in [0.25, 0.3) is 5.91 Å². The fourth-order valence-corrected chi connectivity index (χ4v) is 2.30. The Morgan fingerprint density at radius 3 is 2.95 bits per heavy atom. The van der Waals surface area contributed by atoms with Gasteiger partial charge in [-0.05, 0) is 25.0 Å². The molecule has 19 heavy (non-hydrogen) atoms. The Balaban J connectivity index is 2.12. The van der Waals surface area contributed by atoms with Gasteiger partial charge in [0.05, 0.1) is 11.6 Å². The van der Waals surface area contributed by atoms with Crippen LogP contribution in [0.25, 0.3) is 0 Å². The Morgan fingerprint density at radius 2 is 2.26 bits per heavy atom. The van der Waals surface area contributed by atoms with Gasteiger partial charge < -0.3 is 16.4 Å². The van der Waals surface area contributed by atoms with E-state index in [1.165, 1.54) is 0 Å². The predicted octanol–water partition coefficient (Wildman–Crippen LogP) is -0.122. The van der Waals surface area contributed by atoms with Crippen molar-refractivity contribution in [3.63, 3.8) is 0 Å². The lowest BCUT2D eigenvalue weighted by Crippen LogP contribution is -2.44. The van der Waals surface area contributed by atoms with E-state index in [1.54, 1.807) is 23.2 Å². The number of aromatic nitrogens is 1. The van der Waals surface area contributed by atoms with Gasteiger partial charge in [-0.3, -0.25) is 14.6 Å². The summed E-state index contributed by atoms with van der Waals surface area (Å²) in [5.41, 5.74) is 12.1. The molecule has 2 heterocycles. The van der Waals surface area contributed by atoms with Crippen LogP contribution < -0.4 is 11.5 Å². The van der Waals surface area contributed by atoms with Crippen molar-refractivity contribution in [1.29, 1.82) is 0 Å². The number of hydrogen-bond acceptors (Lipinski definition) is 4. The number of nitrogens with two attached hydrogens (primary N) is 2. The monoisotopic (exact) mass is 262 g/mol. The molecule has 1 aromatic rings. The number of pyridine rings is 1. The molecule has 4 N–H and O–H groups in total. The molecule has 1 saturated heterocycles. The Hall–Kier alpha value is -1.95. The van der Waals surface area contributed by atoms with E-state index in [0.29, 0.717) is 30.9 Å². The molecule has 0 spiro atoms. The zero-order valence-electron chi connectivity index (χ0n) is 10.7. The van der Waals surface area contributed by atoms with Gasteiger partial charge in [0.15, 0.2) is 0 Å². The highest BCUT2D eigenvalue weighted by Gasteiger charge is 2.27. The number of primary amides is 1. The van der Waals surface area contributed by atoms with Crippen LogP contribution in [-0.2, 0) is 11.3 Å². The Bertz CT molecular complexity index is 489. The van der Waals surface area contributed by atoms with Gasteiger partial charge in [-0.15, -0.1) is 0 Å². The van der Waals surface area contributed by atoms with Crippen molar-refractivity contribution in [3.8, 4) is 0 Å². The molecule has 2 amide bonds. The lowest BCUT2D eigenvalue weighted by atomic mass is 9.97. The first kappa shape index (κ1) is 13.5. The van der Waals surface area contributed by atoms with Crippen molar-refractivity contribution in [2.24, 2.45) is 17.4 Å². The van der Waals surface area contributed by atoms with Gasteiger partial charge in [0.2, 0.25) is 5.91 Å². The molecular formula is C13H18N4O2. The van der Waals surface area contributed by atoms with E-state index in [4.69, 9.17) is 11.5 Å². The van der Waals surface area contributed by atoms with Gasteiger partial charge in [-0.1, -0.05) is 0 Å². The van der Waals surface area contributed by atoms with Crippen molar-refractivity contribution in [3.05, 3.63) is 29.6 Å². The largest absolute Gasteiger partial charge is 0.369 e. The topological polar surface area (TPSA) is 102 Å². The molecule has 0 saturated carbocycles. The van der Waals surface area contributed by atoms with Crippen LogP contribution in [0, 0.1) is 5.92 Å². The lowest BCUT2D eigenvalue weighted by molar-refractivity contribution is -0.123. The highest BCUT2D eigenvalue weighted by atomic mass is 16.2. The van der Waals surface area contributed by atoms with Crippen LogP contribution in [0.5, 0.6) is 0 Å². The third-order valence-corrected chi connectivity index (χ3v) is 3.38. The summed E-state index contributed by atoms with van der Waals surface area (Å²) in [6.45, 7) is 1.35. The fraction of sp³-hybridized carbons (Fsp3) is 0.462. The van der Waals surface area contributed by atoms with E-state index in [0.717, 1.165) is 12.8 Å². The SMILES string of the molecule is NCc1cc(C(=O)N2CCCC(C(N)=O)C2)ccn1. The summed E-state index contributed by atoms with van der Waals surface area (Å²) in [4.78, 5) is 29.3. The summed E-state index contributed by atoms with van der Waals surface area (Å²) < 4.78 is 0. The van der Waals surface area contributed by atoms with E-state index in [9.17, 15) is 9.59 Å². The number of rotatable bonds is 3. The molecule has 1 atom stereocenters. The molecular weight excluding hydrogens is 244 g/mol. The van der Waals surface area contributed by atoms with Crippen molar-refractivity contribution in [1.82, 2.24) is 9.88 Å². The minimum Gasteiger partial charge on any atom is -0.369 e. The second-order valence-corrected chi connectivity index (χ2v) is 4.73. The highest BCUT2D eigenvalue weighted by Crippen LogP contribution is 2.18. The summed E-state index contributed by atoms with van der Waals surface area (Å²) in [7, 11) is 0. The molecule has 1 unspecified atom stereocenters. The first-order chi connectivity index (χ1) is 9.11. The second kappa shape index (κ2) is 5.79. The summed E-state index contributed by atoms with van der Waals surface area (Å²) >= 11 is 0. The summed E-state index contributed by atoms with van der Waals surface area (Å²) in [6, 6.07) is 3.35. The quantitative estimate of drug-likeness (QED) is 0.792. The van der Waals surface area contributed by atoms with Gasteiger partial charge in [-0.25, -0.2) is 0 Å². The molecule has 1 aliphatic heterocycles. The van der Waals surface area contributed by atoms with Gasteiger partial charge in [0, 0.05) is 31.4 Å². The van der Waals surface area contributed by atoms with Crippen LogP contribution >= 0.6 is 0 Å². The third kappa shape index (κ3) is 3.08.